The van der Waals surface area contributed by atoms with Crippen LogP contribution < -0.4 is 14.8 Å². The Bertz CT molecular complexity index is 723. The molecule has 8 heteroatoms. The lowest BCUT2D eigenvalue weighted by Gasteiger charge is -2.37. The molecule has 2 aliphatic heterocycles. The van der Waals surface area contributed by atoms with Crippen LogP contribution in [0.25, 0.3) is 0 Å². The van der Waals surface area contributed by atoms with Crippen molar-refractivity contribution in [2.75, 3.05) is 60.7 Å². The number of benzene rings is 1. The van der Waals surface area contributed by atoms with Gasteiger partial charge in [-0.2, -0.15) is 0 Å². The van der Waals surface area contributed by atoms with Crippen LogP contribution in [0.1, 0.15) is 31.4 Å². The van der Waals surface area contributed by atoms with E-state index in [-0.39, 0.29) is 24.0 Å². The van der Waals surface area contributed by atoms with Gasteiger partial charge in [-0.05, 0) is 42.0 Å². The largest absolute Gasteiger partial charge is 0.493 e. The molecule has 0 saturated carbocycles. The molecule has 0 aliphatic carbocycles. The number of hydrogen-bond acceptors (Lipinski definition) is 5. The molecule has 0 spiro atoms. The normalized spacial score (nSPS) is 18.3. The number of nitrogens with zero attached hydrogens (tertiary/aromatic N) is 3. The summed E-state index contributed by atoms with van der Waals surface area (Å²) in [5.74, 6) is 3.21. The number of morpholine rings is 1. The first-order valence-corrected chi connectivity index (χ1v) is 11.1. The maximum atomic E-state index is 5.55. The Kier molecular flexibility index (Phi) is 10.6. The van der Waals surface area contributed by atoms with E-state index in [1.807, 2.05) is 7.05 Å². The van der Waals surface area contributed by atoms with Crippen molar-refractivity contribution < 1.29 is 14.2 Å². The quantitative estimate of drug-likeness (QED) is 0.323. The minimum atomic E-state index is 0. The highest BCUT2D eigenvalue weighted by molar-refractivity contribution is 14.0. The zero-order valence-electron chi connectivity index (χ0n) is 19.6. The Morgan fingerprint density at radius 3 is 2.32 bits per heavy atom. The molecule has 0 radical (unpaired) electrons. The van der Waals surface area contributed by atoms with Gasteiger partial charge in [-0.1, -0.05) is 13.8 Å². The molecule has 2 aliphatic rings. The molecule has 1 atom stereocenters. The standard InChI is InChI=1S/C23H38N4O3.HI/c1-17(2)12-20(26-8-10-30-11-9-26)15-25-23(24-3)27-7-6-18-13-21(28-4)22(29-5)14-19(18)16-27;/h13-14,17,20H,6-12,15-16H2,1-5H3,(H,24,25);1H. The van der Waals surface area contributed by atoms with Crippen molar-refractivity contribution in [1.82, 2.24) is 15.1 Å². The number of guanidine groups is 1. The number of fused-ring (bicyclic) bond motifs is 1. The molecule has 1 aromatic rings. The van der Waals surface area contributed by atoms with Gasteiger partial charge >= 0.3 is 0 Å². The highest BCUT2D eigenvalue weighted by Gasteiger charge is 2.25. The van der Waals surface area contributed by atoms with Crippen molar-refractivity contribution in [3.05, 3.63) is 23.3 Å². The van der Waals surface area contributed by atoms with Crippen LogP contribution >= 0.6 is 24.0 Å². The molecule has 1 saturated heterocycles. The van der Waals surface area contributed by atoms with Crippen LogP contribution in [-0.4, -0.2) is 82.5 Å². The maximum Gasteiger partial charge on any atom is 0.194 e. The summed E-state index contributed by atoms with van der Waals surface area (Å²) in [4.78, 5) is 9.48. The third-order valence-corrected chi connectivity index (χ3v) is 6.03. The number of ether oxygens (including phenoxy) is 3. The predicted octanol–water partition coefficient (Wildman–Crippen LogP) is 3.00. The van der Waals surface area contributed by atoms with Gasteiger partial charge in [0.1, 0.15) is 0 Å². The van der Waals surface area contributed by atoms with Gasteiger partial charge in [0, 0.05) is 45.8 Å². The molecular weight excluding hydrogens is 507 g/mol. The average Bonchev–Trinajstić information content (AvgIpc) is 2.77. The number of rotatable bonds is 7. The van der Waals surface area contributed by atoms with Gasteiger partial charge in [0.05, 0.1) is 27.4 Å². The smallest absolute Gasteiger partial charge is 0.194 e. The number of aliphatic imine (C=N–C) groups is 1. The van der Waals surface area contributed by atoms with E-state index in [1.165, 1.54) is 17.5 Å². The van der Waals surface area contributed by atoms with E-state index in [2.05, 4.69) is 46.1 Å². The molecule has 1 N–H and O–H groups in total. The second-order valence-electron chi connectivity index (χ2n) is 8.51. The van der Waals surface area contributed by atoms with Gasteiger partial charge in [-0.25, -0.2) is 0 Å². The SMILES string of the molecule is CN=C(NCC(CC(C)C)N1CCOCC1)N1CCc2cc(OC)c(OC)cc2C1.I. The Hall–Kier alpha value is -1.26. The van der Waals surface area contributed by atoms with E-state index in [0.29, 0.717) is 12.0 Å². The molecule has 0 bridgehead atoms. The zero-order valence-corrected chi connectivity index (χ0v) is 22.0. The molecule has 3 rings (SSSR count). The first-order chi connectivity index (χ1) is 14.5. The van der Waals surface area contributed by atoms with Gasteiger partial charge in [0.15, 0.2) is 17.5 Å². The first kappa shape index (κ1) is 26.0. The minimum absolute atomic E-state index is 0. The van der Waals surface area contributed by atoms with Gasteiger partial charge in [0.2, 0.25) is 0 Å². The number of hydrogen-bond donors (Lipinski definition) is 1. The van der Waals surface area contributed by atoms with Gasteiger partial charge < -0.3 is 24.4 Å². The third-order valence-electron chi connectivity index (χ3n) is 6.03. The second kappa shape index (κ2) is 12.7. The summed E-state index contributed by atoms with van der Waals surface area (Å²) in [5.41, 5.74) is 2.60. The maximum absolute atomic E-state index is 5.55. The minimum Gasteiger partial charge on any atom is -0.493 e. The van der Waals surface area contributed by atoms with Crippen LogP contribution in [0.2, 0.25) is 0 Å². The van der Waals surface area contributed by atoms with Crippen LogP contribution in [0.3, 0.4) is 0 Å². The van der Waals surface area contributed by atoms with Crippen LogP contribution in [0.4, 0.5) is 0 Å². The lowest BCUT2D eigenvalue weighted by molar-refractivity contribution is 0.0131. The third kappa shape index (κ3) is 6.86. The van der Waals surface area contributed by atoms with Crippen molar-refractivity contribution >= 4 is 29.9 Å². The molecule has 1 fully saturated rings. The van der Waals surface area contributed by atoms with Crippen LogP contribution in [0.5, 0.6) is 11.5 Å². The number of nitrogens with one attached hydrogen (secondary N) is 1. The van der Waals surface area contributed by atoms with E-state index in [0.717, 1.165) is 69.8 Å². The summed E-state index contributed by atoms with van der Waals surface area (Å²) in [6.45, 7) is 10.9. The van der Waals surface area contributed by atoms with E-state index in [9.17, 15) is 0 Å². The zero-order chi connectivity index (χ0) is 21.5. The molecule has 0 aromatic heterocycles. The van der Waals surface area contributed by atoms with Crippen LogP contribution in [0, 0.1) is 5.92 Å². The fourth-order valence-corrected chi connectivity index (χ4v) is 4.45. The lowest BCUT2D eigenvalue weighted by atomic mass is 9.99. The number of methoxy groups -OCH3 is 2. The van der Waals surface area contributed by atoms with E-state index < -0.39 is 0 Å². The Morgan fingerprint density at radius 1 is 1.10 bits per heavy atom. The van der Waals surface area contributed by atoms with Crippen LogP contribution in [-0.2, 0) is 17.7 Å². The summed E-state index contributed by atoms with van der Waals surface area (Å²) >= 11 is 0. The monoisotopic (exact) mass is 546 g/mol. The van der Waals surface area contributed by atoms with Gasteiger partial charge in [-0.15, -0.1) is 24.0 Å². The fourth-order valence-electron chi connectivity index (χ4n) is 4.45. The van der Waals surface area contributed by atoms with Crippen molar-refractivity contribution in [3.8, 4) is 11.5 Å². The summed E-state index contributed by atoms with van der Waals surface area (Å²) < 4.78 is 16.5. The molecule has 176 valence electrons. The fraction of sp³-hybridized carbons (Fsp3) is 0.696. The molecule has 1 aromatic carbocycles. The predicted molar refractivity (Wildman–Crippen MR) is 136 cm³/mol. The van der Waals surface area contributed by atoms with Crippen molar-refractivity contribution in [3.63, 3.8) is 0 Å². The van der Waals surface area contributed by atoms with Crippen molar-refractivity contribution in [1.29, 1.82) is 0 Å². The molecule has 7 nitrogen and oxygen atoms in total. The Labute approximate surface area is 204 Å². The van der Waals surface area contributed by atoms with Gasteiger partial charge in [0.25, 0.3) is 0 Å². The van der Waals surface area contributed by atoms with E-state index >= 15 is 0 Å². The summed E-state index contributed by atoms with van der Waals surface area (Å²) in [6, 6.07) is 4.70. The summed E-state index contributed by atoms with van der Waals surface area (Å²) in [6.07, 6.45) is 2.14. The van der Waals surface area contributed by atoms with Gasteiger partial charge in [-0.3, -0.25) is 9.89 Å². The molecule has 31 heavy (non-hydrogen) atoms. The van der Waals surface area contributed by atoms with Crippen molar-refractivity contribution in [2.45, 2.75) is 39.3 Å². The van der Waals surface area contributed by atoms with E-state index in [4.69, 9.17) is 14.2 Å². The number of halogens is 1. The van der Waals surface area contributed by atoms with Crippen LogP contribution in [0.15, 0.2) is 17.1 Å². The second-order valence-corrected chi connectivity index (χ2v) is 8.51. The van der Waals surface area contributed by atoms with Crippen molar-refractivity contribution in [2.24, 2.45) is 10.9 Å². The lowest BCUT2D eigenvalue weighted by Crippen LogP contribution is -2.52. The first-order valence-electron chi connectivity index (χ1n) is 11.1. The highest BCUT2D eigenvalue weighted by Crippen LogP contribution is 2.33. The average molecular weight is 546 g/mol. The topological polar surface area (TPSA) is 58.6 Å². The molecule has 2 heterocycles. The summed E-state index contributed by atoms with van der Waals surface area (Å²) in [5, 5.41) is 3.66. The molecule has 1 unspecified atom stereocenters. The highest BCUT2D eigenvalue weighted by atomic mass is 127. The molecule has 0 amide bonds. The Morgan fingerprint density at radius 2 is 1.74 bits per heavy atom. The summed E-state index contributed by atoms with van der Waals surface area (Å²) in [7, 11) is 5.25. The Balaban J connectivity index is 0.00000341. The van der Waals surface area contributed by atoms with E-state index in [1.54, 1.807) is 14.2 Å². The molecular formula is C23H39IN4O3.